The van der Waals surface area contributed by atoms with Gasteiger partial charge in [0.2, 0.25) is 0 Å². The number of nitrogens with two attached hydrogens (primary N) is 1. The van der Waals surface area contributed by atoms with E-state index in [0.717, 1.165) is 31.5 Å². The number of hydrogen-bond acceptors (Lipinski definition) is 3. The molecule has 0 radical (unpaired) electrons. The maximum Gasteiger partial charge on any atom is 0.251 e. The van der Waals surface area contributed by atoms with Crippen molar-refractivity contribution >= 4 is 23.1 Å². The normalized spacial score (nSPS) is 17.1. The Morgan fingerprint density at radius 2 is 1.79 bits per heavy atom. The first-order valence-corrected chi connectivity index (χ1v) is 6.86. The molecule has 1 aliphatic heterocycles. The number of likely N-dealkylation sites (tertiary alicyclic amines) is 1. The van der Waals surface area contributed by atoms with E-state index in [-0.39, 0.29) is 11.9 Å². The topological polar surface area (TPSA) is 58.4 Å². The van der Waals surface area contributed by atoms with E-state index in [0.29, 0.717) is 10.6 Å². The number of benzene rings is 1. The minimum Gasteiger partial charge on any atom is -0.389 e. The number of amides is 1. The largest absolute Gasteiger partial charge is 0.389 e. The highest BCUT2D eigenvalue weighted by Gasteiger charge is 2.18. The molecule has 1 aromatic carbocycles. The van der Waals surface area contributed by atoms with Gasteiger partial charge in [0.05, 0.1) is 0 Å². The third-order valence-corrected chi connectivity index (χ3v) is 3.72. The Labute approximate surface area is 119 Å². The molecule has 0 saturated carbocycles. The number of nitrogens with one attached hydrogen (secondary N) is 1. The van der Waals surface area contributed by atoms with Gasteiger partial charge in [0.1, 0.15) is 4.99 Å². The lowest BCUT2D eigenvalue weighted by Crippen LogP contribution is -2.43. The average Bonchev–Trinajstić information content (AvgIpc) is 2.41. The van der Waals surface area contributed by atoms with Crippen molar-refractivity contribution in [2.45, 2.75) is 18.9 Å². The van der Waals surface area contributed by atoms with Gasteiger partial charge in [-0.25, -0.2) is 0 Å². The van der Waals surface area contributed by atoms with Crippen LogP contribution >= 0.6 is 12.2 Å². The molecular weight excluding hydrogens is 258 g/mol. The summed E-state index contributed by atoms with van der Waals surface area (Å²) in [6.07, 6.45) is 2.01. The predicted molar refractivity (Wildman–Crippen MR) is 80.3 cm³/mol. The summed E-state index contributed by atoms with van der Waals surface area (Å²) in [6.45, 7) is 2.07. The minimum absolute atomic E-state index is 0.0240. The van der Waals surface area contributed by atoms with Crippen LogP contribution in [0.2, 0.25) is 0 Å². The number of piperidine rings is 1. The molecule has 1 amide bonds. The highest BCUT2D eigenvalue weighted by Crippen LogP contribution is 2.10. The van der Waals surface area contributed by atoms with Crippen LogP contribution in [0.4, 0.5) is 0 Å². The summed E-state index contributed by atoms with van der Waals surface area (Å²) in [5.41, 5.74) is 6.96. The molecule has 0 aliphatic carbocycles. The van der Waals surface area contributed by atoms with Gasteiger partial charge in [0.25, 0.3) is 5.91 Å². The minimum atomic E-state index is -0.0240. The summed E-state index contributed by atoms with van der Waals surface area (Å²) in [5.74, 6) is -0.0240. The van der Waals surface area contributed by atoms with Gasteiger partial charge >= 0.3 is 0 Å². The van der Waals surface area contributed by atoms with Crippen LogP contribution in [0.1, 0.15) is 28.8 Å². The molecule has 5 heteroatoms. The smallest absolute Gasteiger partial charge is 0.251 e. The van der Waals surface area contributed by atoms with Crippen LogP contribution in [0.3, 0.4) is 0 Å². The zero-order valence-electron chi connectivity index (χ0n) is 11.1. The van der Waals surface area contributed by atoms with Gasteiger partial charge in [0, 0.05) is 17.2 Å². The highest BCUT2D eigenvalue weighted by atomic mass is 32.1. The molecule has 1 aliphatic rings. The summed E-state index contributed by atoms with van der Waals surface area (Å²) in [6, 6.07) is 7.37. The van der Waals surface area contributed by atoms with E-state index in [2.05, 4.69) is 17.3 Å². The van der Waals surface area contributed by atoms with Crippen LogP contribution in [-0.2, 0) is 0 Å². The molecule has 0 bridgehead atoms. The summed E-state index contributed by atoms with van der Waals surface area (Å²) in [7, 11) is 2.10. The molecule has 3 N–H and O–H groups in total. The molecule has 4 nitrogen and oxygen atoms in total. The summed E-state index contributed by atoms with van der Waals surface area (Å²) in [4.78, 5) is 14.7. The predicted octanol–water partition coefficient (Wildman–Crippen LogP) is 1.14. The Balaban J connectivity index is 1.94. The highest BCUT2D eigenvalue weighted by molar-refractivity contribution is 7.80. The van der Waals surface area contributed by atoms with Crippen molar-refractivity contribution in [1.29, 1.82) is 0 Å². The lowest BCUT2D eigenvalue weighted by molar-refractivity contribution is 0.0917. The maximum absolute atomic E-state index is 12.1. The van der Waals surface area contributed by atoms with Gasteiger partial charge in [-0.1, -0.05) is 24.4 Å². The van der Waals surface area contributed by atoms with Crippen molar-refractivity contribution in [2.24, 2.45) is 5.73 Å². The second kappa shape index (κ2) is 6.12. The molecule has 102 valence electrons. The zero-order chi connectivity index (χ0) is 13.8. The maximum atomic E-state index is 12.1. The Bertz CT molecular complexity index is 464. The molecule has 19 heavy (non-hydrogen) atoms. The van der Waals surface area contributed by atoms with E-state index in [9.17, 15) is 4.79 Å². The lowest BCUT2D eigenvalue weighted by Gasteiger charge is -2.29. The molecule has 1 heterocycles. The van der Waals surface area contributed by atoms with Crippen LogP contribution in [0.5, 0.6) is 0 Å². The van der Waals surface area contributed by atoms with Crippen LogP contribution in [0.15, 0.2) is 24.3 Å². The Kier molecular flexibility index (Phi) is 4.50. The second-order valence-corrected chi connectivity index (χ2v) is 5.43. The third-order valence-electron chi connectivity index (χ3n) is 3.49. The quantitative estimate of drug-likeness (QED) is 0.814. The average molecular weight is 277 g/mol. The van der Waals surface area contributed by atoms with Crippen LogP contribution in [0.25, 0.3) is 0 Å². The molecule has 0 atom stereocenters. The molecular formula is C14H19N3OS. The number of nitrogens with zero attached hydrogens (tertiary/aromatic N) is 1. The zero-order valence-corrected chi connectivity index (χ0v) is 11.9. The SMILES string of the molecule is CN1CCC(NC(=O)c2ccc(C(N)=S)cc2)CC1. The van der Waals surface area contributed by atoms with Gasteiger partial charge in [-0.2, -0.15) is 0 Å². The number of carbonyl (C=O) groups is 1. The Hall–Kier alpha value is -1.46. The molecule has 0 unspecified atom stereocenters. The van der Waals surface area contributed by atoms with E-state index in [4.69, 9.17) is 18.0 Å². The molecule has 1 fully saturated rings. The third kappa shape index (κ3) is 3.75. The van der Waals surface area contributed by atoms with Gasteiger partial charge in [-0.05, 0) is 45.1 Å². The van der Waals surface area contributed by atoms with Gasteiger partial charge in [-0.15, -0.1) is 0 Å². The van der Waals surface area contributed by atoms with Crippen molar-refractivity contribution in [2.75, 3.05) is 20.1 Å². The second-order valence-electron chi connectivity index (χ2n) is 4.99. The molecule has 1 aromatic rings. The van der Waals surface area contributed by atoms with Crippen LogP contribution < -0.4 is 11.1 Å². The van der Waals surface area contributed by atoms with Crippen molar-refractivity contribution in [3.8, 4) is 0 Å². The summed E-state index contributed by atoms with van der Waals surface area (Å²) < 4.78 is 0. The number of carbonyl (C=O) groups excluding carboxylic acids is 1. The molecule has 0 aromatic heterocycles. The fraction of sp³-hybridized carbons (Fsp3) is 0.429. The summed E-state index contributed by atoms with van der Waals surface area (Å²) >= 11 is 4.89. The fourth-order valence-electron chi connectivity index (χ4n) is 2.21. The van der Waals surface area contributed by atoms with E-state index in [1.165, 1.54) is 0 Å². The van der Waals surface area contributed by atoms with Gasteiger partial charge in [0.15, 0.2) is 0 Å². The molecule has 2 rings (SSSR count). The first-order chi connectivity index (χ1) is 9.06. The number of rotatable bonds is 3. The first-order valence-electron chi connectivity index (χ1n) is 6.45. The van der Waals surface area contributed by atoms with Crippen molar-refractivity contribution in [3.63, 3.8) is 0 Å². The standard InChI is InChI=1S/C14H19N3OS/c1-17-8-6-12(7-9-17)16-14(18)11-4-2-10(3-5-11)13(15)19/h2-5,12H,6-9H2,1H3,(H2,15,19)(H,16,18). The van der Waals surface area contributed by atoms with E-state index < -0.39 is 0 Å². The fourth-order valence-corrected chi connectivity index (χ4v) is 2.34. The van der Waals surface area contributed by atoms with Crippen molar-refractivity contribution in [3.05, 3.63) is 35.4 Å². The van der Waals surface area contributed by atoms with Gasteiger partial charge in [-0.3, -0.25) is 4.79 Å². The summed E-state index contributed by atoms with van der Waals surface area (Å²) in [5, 5.41) is 3.07. The molecule has 0 spiro atoms. The van der Waals surface area contributed by atoms with E-state index in [1.54, 1.807) is 24.3 Å². The first kappa shape index (κ1) is 14.0. The van der Waals surface area contributed by atoms with Crippen molar-refractivity contribution in [1.82, 2.24) is 10.2 Å². The van der Waals surface area contributed by atoms with E-state index >= 15 is 0 Å². The molecule has 1 saturated heterocycles. The monoisotopic (exact) mass is 277 g/mol. The Morgan fingerprint density at radius 3 is 2.32 bits per heavy atom. The van der Waals surface area contributed by atoms with E-state index in [1.807, 2.05) is 0 Å². The van der Waals surface area contributed by atoms with Crippen LogP contribution in [-0.4, -0.2) is 42.0 Å². The van der Waals surface area contributed by atoms with Crippen molar-refractivity contribution < 1.29 is 4.79 Å². The number of hydrogen-bond donors (Lipinski definition) is 2. The number of thiocarbonyl (C=S) groups is 1. The van der Waals surface area contributed by atoms with Gasteiger partial charge < -0.3 is 16.0 Å². The Morgan fingerprint density at radius 1 is 1.26 bits per heavy atom. The lowest BCUT2D eigenvalue weighted by atomic mass is 10.0. The van der Waals surface area contributed by atoms with Crippen LogP contribution in [0, 0.1) is 0 Å².